The Bertz CT molecular complexity index is 879. The smallest absolute Gasteiger partial charge is 0.261 e. The number of nitrogens with one attached hydrogen (secondary N) is 1. The molecule has 1 fully saturated rings. The first kappa shape index (κ1) is 23.1. The number of carbonyl (C=O) groups is 2. The Labute approximate surface area is 189 Å². The van der Waals surface area contributed by atoms with Gasteiger partial charge in [-0.25, -0.2) is 0 Å². The Morgan fingerprint density at radius 2 is 1.81 bits per heavy atom. The number of rotatable bonds is 9. The van der Waals surface area contributed by atoms with E-state index in [1.54, 1.807) is 11.0 Å². The summed E-state index contributed by atoms with van der Waals surface area (Å²) in [6.07, 6.45) is 4.77. The first-order valence-corrected chi connectivity index (χ1v) is 11.4. The van der Waals surface area contributed by atoms with Gasteiger partial charge >= 0.3 is 0 Å². The average molecular weight is 443 g/mol. The summed E-state index contributed by atoms with van der Waals surface area (Å²) in [5, 5.41) is 3.71. The van der Waals surface area contributed by atoms with E-state index >= 15 is 0 Å². The zero-order chi connectivity index (χ0) is 22.2. The highest BCUT2D eigenvalue weighted by Gasteiger charge is 2.31. The van der Waals surface area contributed by atoms with E-state index in [1.807, 2.05) is 56.3 Å². The normalized spacial score (nSPS) is 14.8. The minimum Gasteiger partial charge on any atom is -0.484 e. The minimum absolute atomic E-state index is 0.106. The zero-order valence-electron chi connectivity index (χ0n) is 18.3. The van der Waals surface area contributed by atoms with Crippen LogP contribution in [-0.4, -0.2) is 35.4 Å². The van der Waals surface area contributed by atoms with Crippen molar-refractivity contribution in [2.45, 2.75) is 64.6 Å². The van der Waals surface area contributed by atoms with Crippen molar-refractivity contribution in [1.29, 1.82) is 0 Å². The number of halogens is 1. The van der Waals surface area contributed by atoms with Crippen LogP contribution in [0.15, 0.2) is 48.5 Å². The van der Waals surface area contributed by atoms with E-state index in [9.17, 15) is 9.59 Å². The van der Waals surface area contributed by atoms with Crippen LogP contribution in [0.3, 0.4) is 0 Å². The molecular formula is C25H31ClN2O3. The SMILES string of the molecule is CC[C@@H](C(=O)NC1CCCC1)N(Cc1ccccc1Cl)C(=O)COc1ccc(C)cc1. The van der Waals surface area contributed by atoms with Crippen molar-refractivity contribution in [2.75, 3.05) is 6.61 Å². The molecule has 1 aliphatic carbocycles. The number of amides is 2. The van der Waals surface area contributed by atoms with E-state index in [4.69, 9.17) is 16.3 Å². The molecule has 5 nitrogen and oxygen atoms in total. The van der Waals surface area contributed by atoms with Gasteiger partial charge in [-0.05, 0) is 49.9 Å². The maximum atomic E-state index is 13.2. The van der Waals surface area contributed by atoms with Crippen LogP contribution in [0.1, 0.15) is 50.2 Å². The lowest BCUT2D eigenvalue weighted by atomic mass is 10.1. The predicted molar refractivity (Wildman–Crippen MR) is 123 cm³/mol. The molecule has 0 bridgehead atoms. The Morgan fingerprint density at radius 3 is 2.45 bits per heavy atom. The van der Waals surface area contributed by atoms with Crippen LogP contribution in [0.25, 0.3) is 0 Å². The summed E-state index contributed by atoms with van der Waals surface area (Å²) in [5.41, 5.74) is 1.92. The van der Waals surface area contributed by atoms with Crippen LogP contribution >= 0.6 is 11.6 Å². The van der Waals surface area contributed by atoms with Crippen molar-refractivity contribution in [1.82, 2.24) is 10.2 Å². The van der Waals surface area contributed by atoms with Gasteiger partial charge in [0, 0.05) is 17.6 Å². The van der Waals surface area contributed by atoms with E-state index in [0.717, 1.165) is 36.8 Å². The van der Waals surface area contributed by atoms with Gasteiger partial charge in [-0.15, -0.1) is 0 Å². The number of carbonyl (C=O) groups excluding carboxylic acids is 2. The quantitative estimate of drug-likeness (QED) is 0.601. The van der Waals surface area contributed by atoms with Crippen molar-refractivity contribution in [3.8, 4) is 5.75 Å². The molecule has 0 aromatic heterocycles. The molecule has 0 heterocycles. The minimum atomic E-state index is -0.578. The maximum Gasteiger partial charge on any atom is 0.261 e. The topological polar surface area (TPSA) is 58.6 Å². The van der Waals surface area contributed by atoms with Crippen molar-refractivity contribution in [3.05, 3.63) is 64.7 Å². The summed E-state index contributed by atoms with van der Waals surface area (Å²) in [6.45, 7) is 4.04. The van der Waals surface area contributed by atoms with Gasteiger partial charge in [-0.3, -0.25) is 9.59 Å². The van der Waals surface area contributed by atoms with Gasteiger partial charge in [-0.1, -0.05) is 67.3 Å². The van der Waals surface area contributed by atoms with Crippen LogP contribution in [0, 0.1) is 6.92 Å². The Kier molecular flexibility index (Phi) is 8.35. The molecule has 1 atom stereocenters. The van der Waals surface area contributed by atoms with E-state index in [0.29, 0.717) is 17.2 Å². The molecule has 0 spiro atoms. The van der Waals surface area contributed by atoms with Gasteiger partial charge in [0.15, 0.2) is 6.61 Å². The van der Waals surface area contributed by atoms with Gasteiger partial charge in [-0.2, -0.15) is 0 Å². The van der Waals surface area contributed by atoms with Gasteiger partial charge < -0.3 is 15.0 Å². The summed E-state index contributed by atoms with van der Waals surface area (Å²) in [6, 6.07) is 14.6. The number of hydrogen-bond acceptors (Lipinski definition) is 3. The third kappa shape index (κ3) is 6.47. The van der Waals surface area contributed by atoms with Gasteiger partial charge in [0.1, 0.15) is 11.8 Å². The average Bonchev–Trinajstić information content (AvgIpc) is 3.27. The molecule has 166 valence electrons. The van der Waals surface area contributed by atoms with Crippen molar-refractivity contribution in [2.24, 2.45) is 0 Å². The second kappa shape index (κ2) is 11.2. The molecule has 0 saturated heterocycles. The lowest BCUT2D eigenvalue weighted by Gasteiger charge is -2.31. The van der Waals surface area contributed by atoms with E-state index in [1.165, 1.54) is 0 Å². The third-order valence-electron chi connectivity index (χ3n) is 5.77. The molecule has 0 radical (unpaired) electrons. The molecule has 1 saturated carbocycles. The lowest BCUT2D eigenvalue weighted by Crippen LogP contribution is -2.52. The van der Waals surface area contributed by atoms with Crippen LogP contribution in [0.2, 0.25) is 5.02 Å². The van der Waals surface area contributed by atoms with E-state index in [2.05, 4.69) is 5.32 Å². The molecule has 2 aromatic carbocycles. The first-order valence-electron chi connectivity index (χ1n) is 11.0. The van der Waals surface area contributed by atoms with Crippen LogP contribution < -0.4 is 10.1 Å². The Morgan fingerprint density at radius 1 is 1.13 bits per heavy atom. The van der Waals surface area contributed by atoms with Crippen LogP contribution in [0.4, 0.5) is 0 Å². The summed E-state index contributed by atoms with van der Waals surface area (Å²) < 4.78 is 5.72. The molecule has 1 N–H and O–H groups in total. The number of benzene rings is 2. The van der Waals surface area contributed by atoms with Crippen molar-refractivity contribution >= 4 is 23.4 Å². The molecule has 0 aliphatic heterocycles. The van der Waals surface area contributed by atoms with Gasteiger partial charge in [0.25, 0.3) is 5.91 Å². The summed E-state index contributed by atoms with van der Waals surface area (Å²) in [7, 11) is 0. The highest BCUT2D eigenvalue weighted by atomic mass is 35.5. The Hall–Kier alpha value is -2.53. The van der Waals surface area contributed by atoms with E-state index < -0.39 is 6.04 Å². The summed E-state index contributed by atoms with van der Waals surface area (Å²) >= 11 is 6.36. The fourth-order valence-corrected chi connectivity index (χ4v) is 4.16. The largest absolute Gasteiger partial charge is 0.484 e. The van der Waals surface area contributed by atoms with Gasteiger partial charge in [0.05, 0.1) is 0 Å². The highest BCUT2D eigenvalue weighted by molar-refractivity contribution is 6.31. The number of hydrogen-bond donors (Lipinski definition) is 1. The second-order valence-electron chi connectivity index (χ2n) is 8.13. The standard InChI is InChI=1S/C25H31ClN2O3/c1-3-23(25(30)27-20-9-5-6-10-20)28(16-19-8-4-7-11-22(19)26)24(29)17-31-21-14-12-18(2)13-15-21/h4,7-8,11-15,20,23H,3,5-6,9-10,16-17H2,1-2H3,(H,27,30)/t23-/m0/s1. The predicted octanol–water partition coefficient (Wildman–Crippen LogP) is 4.89. The maximum absolute atomic E-state index is 13.2. The molecule has 0 unspecified atom stereocenters. The fraction of sp³-hybridized carbons (Fsp3) is 0.440. The van der Waals surface area contributed by atoms with Crippen molar-refractivity contribution in [3.63, 3.8) is 0 Å². The number of aryl methyl sites for hydroxylation is 1. The van der Waals surface area contributed by atoms with Gasteiger partial charge in [0.2, 0.25) is 5.91 Å². The lowest BCUT2D eigenvalue weighted by molar-refractivity contribution is -0.143. The second-order valence-corrected chi connectivity index (χ2v) is 8.54. The molecule has 6 heteroatoms. The molecular weight excluding hydrogens is 412 g/mol. The number of nitrogens with zero attached hydrogens (tertiary/aromatic N) is 1. The van der Waals surface area contributed by atoms with Crippen LogP contribution in [0.5, 0.6) is 5.75 Å². The summed E-state index contributed by atoms with van der Waals surface area (Å²) in [4.78, 5) is 27.9. The summed E-state index contributed by atoms with van der Waals surface area (Å²) in [5.74, 6) is 0.277. The highest BCUT2D eigenvalue weighted by Crippen LogP contribution is 2.22. The first-order chi connectivity index (χ1) is 15.0. The van der Waals surface area contributed by atoms with E-state index in [-0.39, 0.29) is 31.0 Å². The monoisotopic (exact) mass is 442 g/mol. The van der Waals surface area contributed by atoms with Crippen molar-refractivity contribution < 1.29 is 14.3 Å². The third-order valence-corrected chi connectivity index (χ3v) is 6.14. The zero-order valence-corrected chi connectivity index (χ0v) is 19.0. The Balaban J connectivity index is 1.76. The molecule has 31 heavy (non-hydrogen) atoms. The molecule has 2 aromatic rings. The van der Waals surface area contributed by atoms with Crippen LogP contribution in [-0.2, 0) is 16.1 Å². The fourth-order valence-electron chi connectivity index (χ4n) is 3.96. The molecule has 2 amide bonds. The number of ether oxygens (including phenoxy) is 1. The molecule has 3 rings (SSSR count). The molecule has 1 aliphatic rings.